The van der Waals surface area contributed by atoms with Gasteiger partial charge in [0.15, 0.2) is 0 Å². The van der Waals surface area contributed by atoms with E-state index in [9.17, 15) is 8.42 Å². The molecule has 0 aliphatic heterocycles. The Hall–Kier alpha value is -2.33. The summed E-state index contributed by atoms with van der Waals surface area (Å²) in [5, 5.41) is 0. The smallest absolute Gasteiger partial charge is 0.261 e. The van der Waals surface area contributed by atoms with Crippen LogP contribution in [0.4, 0.5) is 5.69 Å². The van der Waals surface area contributed by atoms with Crippen molar-refractivity contribution in [2.24, 2.45) is 0 Å². The van der Waals surface area contributed by atoms with Gasteiger partial charge in [-0.2, -0.15) is 0 Å². The van der Waals surface area contributed by atoms with Crippen molar-refractivity contribution in [2.45, 2.75) is 11.3 Å². The van der Waals surface area contributed by atoms with Crippen molar-refractivity contribution in [3.8, 4) is 0 Å². The number of allylic oxidation sites excluding steroid dienone is 1. The molecule has 3 nitrogen and oxygen atoms in total. The highest BCUT2D eigenvalue weighted by molar-refractivity contribution is 7.92. The lowest BCUT2D eigenvalue weighted by molar-refractivity contribution is 0.601. The summed E-state index contributed by atoms with van der Waals surface area (Å²) in [6.45, 7) is 9.28. The van der Waals surface area contributed by atoms with Gasteiger partial charge in [0.1, 0.15) is 0 Å². The fourth-order valence-electron chi connectivity index (χ4n) is 2.03. The van der Waals surface area contributed by atoms with Crippen molar-refractivity contribution >= 4 is 21.8 Å². The van der Waals surface area contributed by atoms with Crippen LogP contribution < -0.4 is 4.72 Å². The summed E-state index contributed by atoms with van der Waals surface area (Å²) in [6, 6.07) is 13.5. The van der Waals surface area contributed by atoms with Gasteiger partial charge >= 0.3 is 0 Å². The zero-order chi connectivity index (χ0) is 15.3. The molecule has 0 unspecified atom stereocenters. The van der Waals surface area contributed by atoms with Crippen molar-refractivity contribution in [1.82, 2.24) is 0 Å². The fraction of sp³-hybridized carbons (Fsp3) is 0.0588. The predicted molar refractivity (Wildman–Crippen MR) is 86.4 cm³/mol. The van der Waals surface area contributed by atoms with E-state index in [2.05, 4.69) is 11.3 Å². The monoisotopic (exact) mass is 298 g/mol. The van der Waals surface area contributed by atoms with Crippen molar-refractivity contribution in [3.63, 3.8) is 0 Å². The van der Waals surface area contributed by atoms with Crippen molar-refractivity contribution in [3.05, 3.63) is 78.9 Å². The zero-order valence-corrected chi connectivity index (χ0v) is 12.3. The van der Waals surface area contributed by atoms with Crippen LogP contribution in [0.15, 0.2) is 66.1 Å². The quantitative estimate of drug-likeness (QED) is 0.827. The number of hydrogen-bond acceptors (Lipinski definition) is 2. The molecule has 1 radical (unpaired) electrons. The maximum absolute atomic E-state index is 12.4. The van der Waals surface area contributed by atoms with E-state index in [0.717, 1.165) is 11.1 Å². The Balaban J connectivity index is 2.44. The van der Waals surface area contributed by atoms with E-state index in [4.69, 9.17) is 6.58 Å². The van der Waals surface area contributed by atoms with E-state index < -0.39 is 10.0 Å². The molecule has 0 fully saturated rings. The third-order valence-corrected chi connectivity index (χ3v) is 4.42. The number of rotatable bonds is 6. The molecule has 4 heteroatoms. The van der Waals surface area contributed by atoms with Gasteiger partial charge in [0.2, 0.25) is 0 Å². The molecule has 0 aliphatic rings. The van der Waals surface area contributed by atoms with E-state index in [1.54, 1.807) is 48.5 Å². The molecule has 1 N–H and O–H groups in total. The van der Waals surface area contributed by atoms with Crippen molar-refractivity contribution in [2.75, 3.05) is 4.72 Å². The van der Waals surface area contributed by atoms with E-state index in [-0.39, 0.29) is 4.90 Å². The van der Waals surface area contributed by atoms with Gasteiger partial charge in [-0.05, 0) is 35.7 Å². The Morgan fingerprint density at radius 2 is 1.81 bits per heavy atom. The maximum atomic E-state index is 12.4. The number of sulfonamides is 1. The molecular weight excluding hydrogens is 282 g/mol. The molecule has 2 aromatic carbocycles. The largest absolute Gasteiger partial charge is 0.279 e. The van der Waals surface area contributed by atoms with Crippen LogP contribution in [0.5, 0.6) is 0 Å². The Labute approximate surface area is 125 Å². The van der Waals surface area contributed by atoms with Gasteiger partial charge in [-0.1, -0.05) is 49.1 Å². The third kappa shape index (κ3) is 3.41. The van der Waals surface area contributed by atoms with Gasteiger partial charge in [-0.25, -0.2) is 8.42 Å². The lowest BCUT2D eigenvalue weighted by atomic mass is 10.0. The molecule has 0 aliphatic carbocycles. The van der Waals surface area contributed by atoms with Crippen LogP contribution in [0.3, 0.4) is 0 Å². The minimum absolute atomic E-state index is 0.219. The van der Waals surface area contributed by atoms with Gasteiger partial charge in [-0.15, -0.1) is 6.58 Å². The van der Waals surface area contributed by atoms with Crippen LogP contribution in [0, 0.1) is 6.58 Å². The van der Waals surface area contributed by atoms with Crippen LogP contribution in [-0.4, -0.2) is 8.42 Å². The lowest BCUT2D eigenvalue weighted by Gasteiger charge is -2.14. The topological polar surface area (TPSA) is 46.2 Å². The SMILES string of the molecule is [CH]=Cc1cccc(NS(=O)(=O)c2ccccc2)c1CC=C. The molecule has 0 bridgehead atoms. The Morgan fingerprint density at radius 1 is 1.10 bits per heavy atom. The minimum atomic E-state index is -3.62. The second-order valence-electron chi connectivity index (χ2n) is 4.45. The van der Waals surface area contributed by atoms with Crippen molar-refractivity contribution in [1.29, 1.82) is 0 Å². The van der Waals surface area contributed by atoms with Crippen LogP contribution >= 0.6 is 0 Å². The van der Waals surface area contributed by atoms with E-state index in [1.807, 2.05) is 6.07 Å². The molecule has 2 aromatic rings. The summed E-state index contributed by atoms with van der Waals surface area (Å²) in [4.78, 5) is 0.219. The number of hydrogen-bond donors (Lipinski definition) is 1. The molecule has 107 valence electrons. The summed E-state index contributed by atoms with van der Waals surface area (Å²) < 4.78 is 27.4. The van der Waals surface area contributed by atoms with E-state index in [0.29, 0.717) is 12.1 Å². The molecule has 0 saturated heterocycles. The summed E-state index contributed by atoms with van der Waals surface area (Å²) in [5.41, 5.74) is 2.09. The van der Waals surface area contributed by atoms with E-state index in [1.165, 1.54) is 6.08 Å². The molecule has 2 rings (SSSR count). The Bertz CT molecular complexity index is 750. The normalized spacial score (nSPS) is 10.9. The first-order valence-electron chi connectivity index (χ1n) is 6.44. The first-order valence-corrected chi connectivity index (χ1v) is 7.92. The average Bonchev–Trinajstić information content (AvgIpc) is 2.50. The van der Waals surface area contributed by atoms with Gasteiger partial charge in [-0.3, -0.25) is 4.72 Å². The molecule has 0 heterocycles. The molecule has 0 atom stereocenters. The second-order valence-corrected chi connectivity index (χ2v) is 6.13. The van der Waals surface area contributed by atoms with E-state index >= 15 is 0 Å². The molecule has 0 aromatic heterocycles. The summed E-state index contributed by atoms with van der Waals surface area (Å²) in [7, 11) is -3.62. The van der Waals surface area contributed by atoms with Gasteiger partial charge in [0, 0.05) is 0 Å². The Kier molecular flexibility index (Phi) is 4.60. The maximum Gasteiger partial charge on any atom is 0.261 e. The van der Waals surface area contributed by atoms with Crippen LogP contribution in [0.25, 0.3) is 6.08 Å². The summed E-state index contributed by atoms with van der Waals surface area (Å²) in [5.74, 6) is 0. The number of anilines is 1. The average molecular weight is 298 g/mol. The number of benzene rings is 2. The van der Waals surface area contributed by atoms with Crippen LogP contribution in [-0.2, 0) is 16.4 Å². The van der Waals surface area contributed by atoms with Gasteiger partial charge < -0.3 is 0 Å². The highest BCUT2D eigenvalue weighted by Crippen LogP contribution is 2.24. The predicted octanol–water partition coefficient (Wildman–Crippen LogP) is 3.66. The molecule has 21 heavy (non-hydrogen) atoms. The highest BCUT2D eigenvalue weighted by Gasteiger charge is 2.16. The zero-order valence-electron chi connectivity index (χ0n) is 11.5. The molecular formula is C17H16NO2S. The summed E-state index contributed by atoms with van der Waals surface area (Å²) >= 11 is 0. The standard InChI is InChI=1S/C17H16NO2S/c1-3-9-16-14(4-2)10-8-13-17(16)18-21(19,20)15-11-6-5-7-12-15/h2-8,10-13,18H,1,9H2. The number of nitrogens with one attached hydrogen (secondary N) is 1. The summed E-state index contributed by atoms with van der Waals surface area (Å²) in [6.07, 6.45) is 3.69. The molecule has 0 amide bonds. The molecule has 0 spiro atoms. The van der Waals surface area contributed by atoms with Crippen LogP contribution in [0.2, 0.25) is 0 Å². The second kappa shape index (κ2) is 6.41. The van der Waals surface area contributed by atoms with Crippen molar-refractivity contribution < 1.29 is 8.42 Å². The lowest BCUT2D eigenvalue weighted by Crippen LogP contribution is -2.14. The van der Waals surface area contributed by atoms with Gasteiger partial charge in [0.05, 0.1) is 10.6 Å². The molecule has 0 saturated carbocycles. The third-order valence-electron chi connectivity index (χ3n) is 3.04. The Morgan fingerprint density at radius 3 is 2.43 bits per heavy atom. The minimum Gasteiger partial charge on any atom is -0.279 e. The van der Waals surface area contributed by atoms with Crippen LogP contribution in [0.1, 0.15) is 11.1 Å². The van der Waals surface area contributed by atoms with Gasteiger partial charge in [0.25, 0.3) is 10.0 Å². The highest BCUT2D eigenvalue weighted by atomic mass is 32.2. The fourth-order valence-corrected chi connectivity index (χ4v) is 3.15. The first-order chi connectivity index (χ1) is 10.1. The first kappa shape index (κ1) is 15.1.